The van der Waals surface area contributed by atoms with Crippen molar-refractivity contribution >= 4 is 5.97 Å². The van der Waals surface area contributed by atoms with Crippen LogP contribution in [0.15, 0.2) is 24.3 Å². The molecule has 2 N–H and O–H groups in total. The van der Waals surface area contributed by atoms with Gasteiger partial charge < -0.3 is 15.2 Å². The summed E-state index contributed by atoms with van der Waals surface area (Å²) in [6.07, 6.45) is 0.539. The summed E-state index contributed by atoms with van der Waals surface area (Å²) in [6.45, 7) is 3.21. The van der Waals surface area contributed by atoms with Gasteiger partial charge in [-0.05, 0) is 18.1 Å². The van der Waals surface area contributed by atoms with E-state index < -0.39 is 12.0 Å². The average molecular weight is 235 g/mol. The number of carboxylic acid groups (broad SMARTS) is 1. The van der Waals surface area contributed by atoms with E-state index >= 15 is 0 Å². The first-order valence-corrected chi connectivity index (χ1v) is 5.79. The lowest BCUT2D eigenvalue weighted by Crippen LogP contribution is -2.29. The summed E-state index contributed by atoms with van der Waals surface area (Å²) in [4.78, 5) is 10.8. The third kappa shape index (κ3) is 3.05. The van der Waals surface area contributed by atoms with Crippen LogP contribution in [0.3, 0.4) is 0 Å². The first kappa shape index (κ1) is 12.1. The molecule has 0 amide bonds. The van der Waals surface area contributed by atoms with Crippen LogP contribution in [0.1, 0.15) is 17.5 Å². The van der Waals surface area contributed by atoms with Gasteiger partial charge in [-0.2, -0.15) is 0 Å². The van der Waals surface area contributed by atoms with Gasteiger partial charge in [-0.15, -0.1) is 0 Å². The smallest absolute Gasteiger partial charge is 0.320 e. The van der Waals surface area contributed by atoms with Gasteiger partial charge in [0.25, 0.3) is 0 Å². The predicted molar refractivity (Wildman–Crippen MR) is 63.8 cm³/mol. The van der Waals surface area contributed by atoms with Gasteiger partial charge in [-0.3, -0.25) is 4.79 Å². The molecule has 0 spiro atoms. The second kappa shape index (κ2) is 5.29. The van der Waals surface area contributed by atoms with E-state index in [-0.39, 0.29) is 6.10 Å². The molecule has 17 heavy (non-hydrogen) atoms. The number of nitrogens with one attached hydrogen (secondary N) is 1. The predicted octanol–water partition coefficient (Wildman–Crippen LogP) is 1.33. The molecule has 1 aromatic carbocycles. The Bertz CT molecular complexity index is 405. The molecule has 4 heteroatoms. The molecule has 1 fully saturated rings. The highest BCUT2D eigenvalue weighted by Crippen LogP contribution is 2.15. The van der Waals surface area contributed by atoms with Crippen LogP contribution >= 0.6 is 0 Å². The normalized spacial score (nSPS) is 23.8. The van der Waals surface area contributed by atoms with E-state index in [9.17, 15) is 4.79 Å². The van der Waals surface area contributed by atoms with Gasteiger partial charge >= 0.3 is 5.97 Å². The van der Waals surface area contributed by atoms with Gasteiger partial charge in [0.15, 0.2) is 0 Å². The Morgan fingerprint density at radius 2 is 2.29 bits per heavy atom. The monoisotopic (exact) mass is 235 g/mol. The fraction of sp³-hybridized carbons (Fsp3) is 0.462. The zero-order valence-electron chi connectivity index (χ0n) is 9.85. The Morgan fingerprint density at radius 1 is 1.53 bits per heavy atom. The van der Waals surface area contributed by atoms with E-state index in [0.717, 1.165) is 5.56 Å². The Labute approximate surface area is 101 Å². The molecule has 1 aromatic rings. The maximum atomic E-state index is 10.8. The first-order valence-electron chi connectivity index (χ1n) is 5.79. The minimum absolute atomic E-state index is 0.00398. The van der Waals surface area contributed by atoms with Gasteiger partial charge in [0, 0.05) is 13.0 Å². The standard InChI is InChI=1S/C13H17NO3/c1-9-4-2-3-5-10(9)8-17-11-6-12(13(15)16)14-7-11/h2-5,11-12,14H,6-8H2,1H3,(H,15,16)/t11-,12+/m1/s1. The number of benzene rings is 1. The fourth-order valence-electron chi connectivity index (χ4n) is 2.00. The second-order valence-corrected chi connectivity index (χ2v) is 4.39. The molecule has 0 aromatic heterocycles. The van der Waals surface area contributed by atoms with Crippen LogP contribution in [0.5, 0.6) is 0 Å². The first-order chi connectivity index (χ1) is 8.16. The SMILES string of the molecule is Cc1ccccc1CO[C@H]1CN[C@H](C(=O)O)C1. The molecular weight excluding hydrogens is 218 g/mol. The highest BCUT2D eigenvalue weighted by Gasteiger charge is 2.29. The molecule has 1 saturated heterocycles. The molecule has 0 radical (unpaired) electrons. The number of rotatable bonds is 4. The summed E-state index contributed by atoms with van der Waals surface area (Å²) in [5.41, 5.74) is 2.36. The van der Waals surface area contributed by atoms with Crippen molar-refractivity contribution in [3.63, 3.8) is 0 Å². The summed E-state index contributed by atoms with van der Waals surface area (Å²) in [6, 6.07) is 7.60. The van der Waals surface area contributed by atoms with Crippen LogP contribution in [-0.2, 0) is 16.1 Å². The molecule has 0 bridgehead atoms. The number of aliphatic carboxylic acids is 1. The van der Waals surface area contributed by atoms with Crippen molar-refractivity contribution < 1.29 is 14.6 Å². The van der Waals surface area contributed by atoms with Gasteiger partial charge in [0.05, 0.1) is 12.7 Å². The Morgan fingerprint density at radius 3 is 2.94 bits per heavy atom. The Hall–Kier alpha value is -1.39. The van der Waals surface area contributed by atoms with E-state index in [0.29, 0.717) is 19.6 Å². The molecule has 2 atom stereocenters. The minimum atomic E-state index is -0.799. The number of aryl methyl sites for hydroxylation is 1. The molecule has 4 nitrogen and oxygen atoms in total. The van der Waals surface area contributed by atoms with Crippen LogP contribution in [-0.4, -0.2) is 29.8 Å². The number of hydrogen-bond donors (Lipinski definition) is 2. The van der Waals surface area contributed by atoms with Crippen molar-refractivity contribution in [1.29, 1.82) is 0 Å². The van der Waals surface area contributed by atoms with E-state index in [2.05, 4.69) is 5.32 Å². The van der Waals surface area contributed by atoms with E-state index in [1.807, 2.05) is 31.2 Å². The van der Waals surface area contributed by atoms with E-state index in [1.165, 1.54) is 5.56 Å². The van der Waals surface area contributed by atoms with Crippen LogP contribution in [0.25, 0.3) is 0 Å². The van der Waals surface area contributed by atoms with Crippen molar-refractivity contribution in [2.24, 2.45) is 0 Å². The lowest BCUT2D eigenvalue weighted by atomic mass is 10.1. The maximum Gasteiger partial charge on any atom is 0.320 e. The van der Waals surface area contributed by atoms with Gasteiger partial charge in [0.1, 0.15) is 6.04 Å². The summed E-state index contributed by atoms with van der Waals surface area (Å²) >= 11 is 0. The van der Waals surface area contributed by atoms with Crippen molar-refractivity contribution in [1.82, 2.24) is 5.32 Å². The molecule has 92 valence electrons. The molecular formula is C13H17NO3. The molecule has 1 aliphatic rings. The van der Waals surface area contributed by atoms with Gasteiger partial charge in [-0.1, -0.05) is 24.3 Å². The van der Waals surface area contributed by atoms with Crippen LogP contribution in [0.2, 0.25) is 0 Å². The Kier molecular flexibility index (Phi) is 3.76. The topological polar surface area (TPSA) is 58.6 Å². The zero-order valence-corrected chi connectivity index (χ0v) is 9.85. The number of ether oxygens (including phenoxy) is 1. The van der Waals surface area contributed by atoms with Crippen molar-refractivity contribution in [3.05, 3.63) is 35.4 Å². The van der Waals surface area contributed by atoms with Crippen molar-refractivity contribution in [3.8, 4) is 0 Å². The number of hydrogen-bond acceptors (Lipinski definition) is 3. The summed E-state index contributed by atoms with van der Waals surface area (Å²) < 4.78 is 5.72. The quantitative estimate of drug-likeness (QED) is 0.826. The lowest BCUT2D eigenvalue weighted by molar-refractivity contribution is -0.139. The largest absolute Gasteiger partial charge is 0.480 e. The summed E-state index contributed by atoms with van der Waals surface area (Å²) in [5, 5.41) is 11.8. The van der Waals surface area contributed by atoms with Crippen LogP contribution < -0.4 is 5.32 Å². The Balaban J connectivity index is 1.84. The van der Waals surface area contributed by atoms with Crippen molar-refractivity contribution in [2.45, 2.75) is 32.1 Å². The molecule has 1 heterocycles. The maximum absolute atomic E-state index is 10.8. The highest BCUT2D eigenvalue weighted by molar-refractivity contribution is 5.73. The molecule has 0 saturated carbocycles. The van der Waals surface area contributed by atoms with Crippen LogP contribution in [0, 0.1) is 6.92 Å². The zero-order chi connectivity index (χ0) is 12.3. The molecule has 2 rings (SSSR count). The summed E-state index contributed by atoms with van der Waals surface area (Å²) in [5.74, 6) is -0.799. The number of carboxylic acids is 1. The third-order valence-corrected chi connectivity index (χ3v) is 3.12. The molecule has 1 aliphatic heterocycles. The van der Waals surface area contributed by atoms with Gasteiger partial charge in [-0.25, -0.2) is 0 Å². The molecule has 0 aliphatic carbocycles. The fourth-order valence-corrected chi connectivity index (χ4v) is 2.00. The third-order valence-electron chi connectivity index (χ3n) is 3.12. The summed E-state index contributed by atoms with van der Waals surface area (Å²) in [7, 11) is 0. The van der Waals surface area contributed by atoms with Gasteiger partial charge in [0.2, 0.25) is 0 Å². The average Bonchev–Trinajstić information content (AvgIpc) is 2.77. The second-order valence-electron chi connectivity index (χ2n) is 4.39. The lowest BCUT2D eigenvalue weighted by Gasteiger charge is -2.12. The van der Waals surface area contributed by atoms with E-state index in [1.54, 1.807) is 0 Å². The highest BCUT2D eigenvalue weighted by atomic mass is 16.5. The van der Waals surface area contributed by atoms with Crippen LogP contribution in [0.4, 0.5) is 0 Å². The van der Waals surface area contributed by atoms with Crippen molar-refractivity contribution in [2.75, 3.05) is 6.54 Å². The minimum Gasteiger partial charge on any atom is -0.480 e. The number of carbonyl (C=O) groups is 1. The molecule has 0 unspecified atom stereocenters. The van der Waals surface area contributed by atoms with E-state index in [4.69, 9.17) is 9.84 Å².